The third-order valence-electron chi connectivity index (χ3n) is 4.81. The number of rotatable bonds is 4. The number of nitrogens with zero attached hydrogens (tertiary/aromatic N) is 3. The van der Waals surface area contributed by atoms with Crippen molar-refractivity contribution in [3.05, 3.63) is 48.2 Å². The van der Waals surface area contributed by atoms with Crippen LogP contribution < -0.4 is 5.32 Å². The minimum atomic E-state index is -0.464. The van der Waals surface area contributed by atoms with Crippen molar-refractivity contribution in [1.29, 1.82) is 0 Å². The molecule has 1 aliphatic heterocycles. The van der Waals surface area contributed by atoms with E-state index in [4.69, 9.17) is 0 Å². The van der Waals surface area contributed by atoms with E-state index >= 15 is 0 Å². The van der Waals surface area contributed by atoms with Gasteiger partial charge >= 0.3 is 6.03 Å². The standard InChI is InChI=1S/C19H26N4O2/c1-14(2)23-17(8-11-20-23)21-19(25)22-12-9-16(10-13-22)18(24)15-6-4-3-5-7-15/h3-8,11,14,16,18,24H,9-10,12-13H2,1-2H3,(H,21,25)/t18-/m1/s1. The minimum Gasteiger partial charge on any atom is -0.388 e. The molecular formula is C19H26N4O2. The molecule has 3 rings (SSSR count). The molecule has 1 aliphatic rings. The highest BCUT2D eigenvalue weighted by atomic mass is 16.3. The van der Waals surface area contributed by atoms with Gasteiger partial charge in [-0.25, -0.2) is 9.48 Å². The first kappa shape index (κ1) is 17.5. The van der Waals surface area contributed by atoms with Crippen molar-refractivity contribution in [2.75, 3.05) is 18.4 Å². The number of hydrogen-bond donors (Lipinski definition) is 2. The first-order valence-electron chi connectivity index (χ1n) is 8.88. The molecule has 0 saturated carbocycles. The number of carbonyl (C=O) groups is 1. The molecule has 1 fully saturated rings. The van der Waals surface area contributed by atoms with Crippen LogP contribution in [-0.2, 0) is 0 Å². The lowest BCUT2D eigenvalue weighted by atomic mass is 9.87. The predicted octanol–water partition coefficient (Wildman–Crippen LogP) is 3.44. The van der Waals surface area contributed by atoms with Crippen LogP contribution in [0.5, 0.6) is 0 Å². The second kappa shape index (κ2) is 7.70. The molecule has 0 spiro atoms. The normalized spacial score (nSPS) is 16.9. The van der Waals surface area contributed by atoms with Crippen molar-refractivity contribution in [2.24, 2.45) is 5.92 Å². The van der Waals surface area contributed by atoms with E-state index in [2.05, 4.69) is 10.4 Å². The summed E-state index contributed by atoms with van der Waals surface area (Å²) in [6.07, 6.45) is 2.83. The fourth-order valence-electron chi connectivity index (χ4n) is 3.35. The van der Waals surface area contributed by atoms with E-state index < -0.39 is 6.10 Å². The van der Waals surface area contributed by atoms with E-state index in [1.54, 1.807) is 10.9 Å². The maximum absolute atomic E-state index is 12.5. The second-order valence-electron chi connectivity index (χ2n) is 6.86. The number of aliphatic hydroxyl groups excluding tert-OH is 1. The molecular weight excluding hydrogens is 316 g/mol. The van der Waals surface area contributed by atoms with Gasteiger partial charge in [-0.1, -0.05) is 30.3 Å². The number of benzene rings is 1. The maximum Gasteiger partial charge on any atom is 0.322 e. The summed E-state index contributed by atoms with van der Waals surface area (Å²) in [5.74, 6) is 0.902. The van der Waals surface area contributed by atoms with E-state index in [9.17, 15) is 9.90 Å². The lowest BCUT2D eigenvalue weighted by Gasteiger charge is -2.34. The molecule has 2 heterocycles. The van der Waals surface area contributed by atoms with E-state index in [0.717, 1.165) is 18.4 Å². The predicted molar refractivity (Wildman–Crippen MR) is 97.3 cm³/mol. The molecule has 2 N–H and O–H groups in total. The lowest BCUT2D eigenvalue weighted by Crippen LogP contribution is -2.42. The summed E-state index contributed by atoms with van der Waals surface area (Å²) >= 11 is 0. The number of amides is 2. The first-order valence-corrected chi connectivity index (χ1v) is 8.88. The van der Waals surface area contributed by atoms with Gasteiger partial charge in [-0.2, -0.15) is 5.10 Å². The van der Waals surface area contributed by atoms with Gasteiger partial charge in [0.2, 0.25) is 0 Å². The minimum absolute atomic E-state index is 0.102. The molecule has 0 bridgehead atoms. The van der Waals surface area contributed by atoms with E-state index in [-0.39, 0.29) is 18.0 Å². The van der Waals surface area contributed by atoms with Gasteiger partial charge in [-0.15, -0.1) is 0 Å². The zero-order chi connectivity index (χ0) is 17.8. The summed E-state index contributed by atoms with van der Waals surface area (Å²) in [6.45, 7) is 5.35. The van der Waals surface area contributed by atoms with E-state index in [0.29, 0.717) is 18.9 Å². The molecule has 0 radical (unpaired) electrons. The van der Waals surface area contributed by atoms with Crippen LogP contribution in [0.25, 0.3) is 0 Å². The van der Waals surface area contributed by atoms with Crippen LogP contribution in [0.3, 0.4) is 0 Å². The summed E-state index contributed by atoms with van der Waals surface area (Å²) < 4.78 is 1.80. The van der Waals surface area contributed by atoms with Crippen molar-refractivity contribution in [1.82, 2.24) is 14.7 Å². The summed E-state index contributed by atoms with van der Waals surface area (Å²) in [7, 11) is 0. The number of aromatic nitrogens is 2. The van der Waals surface area contributed by atoms with Crippen LogP contribution in [0.4, 0.5) is 10.6 Å². The van der Waals surface area contributed by atoms with Crippen LogP contribution in [0.15, 0.2) is 42.6 Å². The van der Waals surface area contributed by atoms with Gasteiger partial charge in [0.05, 0.1) is 12.3 Å². The lowest BCUT2D eigenvalue weighted by molar-refractivity contribution is 0.0683. The zero-order valence-corrected chi connectivity index (χ0v) is 14.8. The third kappa shape index (κ3) is 4.02. The number of urea groups is 1. The average Bonchev–Trinajstić information content (AvgIpc) is 3.10. The molecule has 0 aliphatic carbocycles. The maximum atomic E-state index is 12.5. The van der Waals surface area contributed by atoms with Crippen LogP contribution in [0.1, 0.15) is 44.4 Å². The monoisotopic (exact) mass is 342 g/mol. The van der Waals surface area contributed by atoms with E-state index in [1.165, 1.54) is 0 Å². The largest absolute Gasteiger partial charge is 0.388 e. The number of aliphatic hydroxyl groups is 1. The number of hydrogen-bond acceptors (Lipinski definition) is 3. The van der Waals surface area contributed by atoms with Gasteiger partial charge < -0.3 is 10.0 Å². The number of anilines is 1. The molecule has 1 aromatic carbocycles. The number of likely N-dealkylation sites (tertiary alicyclic amines) is 1. The molecule has 134 valence electrons. The van der Waals surface area contributed by atoms with Gasteiger partial charge in [0.15, 0.2) is 0 Å². The summed E-state index contributed by atoms with van der Waals surface area (Å²) in [6, 6.07) is 11.6. The van der Waals surface area contributed by atoms with Crippen molar-refractivity contribution < 1.29 is 9.90 Å². The Balaban J connectivity index is 1.55. The molecule has 1 aromatic heterocycles. The molecule has 6 nitrogen and oxygen atoms in total. The van der Waals surface area contributed by atoms with Gasteiger partial charge in [0.25, 0.3) is 0 Å². The Bertz CT molecular complexity index is 690. The van der Waals surface area contributed by atoms with Crippen LogP contribution in [0.2, 0.25) is 0 Å². The Kier molecular flexibility index (Phi) is 5.38. The SMILES string of the molecule is CC(C)n1nccc1NC(=O)N1CCC([C@H](O)c2ccccc2)CC1. The van der Waals surface area contributed by atoms with Crippen molar-refractivity contribution in [3.8, 4) is 0 Å². The Morgan fingerprint density at radius 2 is 1.88 bits per heavy atom. The number of piperidine rings is 1. The van der Waals surface area contributed by atoms with Gasteiger partial charge in [-0.3, -0.25) is 5.32 Å². The fourth-order valence-corrected chi connectivity index (χ4v) is 3.35. The number of nitrogens with one attached hydrogen (secondary N) is 1. The van der Waals surface area contributed by atoms with Crippen LogP contribution in [0, 0.1) is 5.92 Å². The van der Waals surface area contributed by atoms with Gasteiger partial charge in [0.1, 0.15) is 5.82 Å². The highest BCUT2D eigenvalue weighted by Gasteiger charge is 2.28. The van der Waals surface area contributed by atoms with Crippen LogP contribution in [-0.4, -0.2) is 38.9 Å². The summed E-state index contributed by atoms with van der Waals surface area (Å²) in [5, 5.41) is 17.7. The molecule has 1 atom stereocenters. The van der Waals surface area contributed by atoms with Crippen molar-refractivity contribution in [2.45, 2.75) is 38.8 Å². The van der Waals surface area contributed by atoms with Crippen LogP contribution >= 0.6 is 0 Å². The molecule has 25 heavy (non-hydrogen) atoms. The fraction of sp³-hybridized carbons (Fsp3) is 0.474. The van der Waals surface area contributed by atoms with E-state index in [1.807, 2.05) is 55.1 Å². The molecule has 0 unspecified atom stereocenters. The smallest absolute Gasteiger partial charge is 0.322 e. The molecule has 1 saturated heterocycles. The first-order chi connectivity index (χ1) is 12.1. The molecule has 6 heteroatoms. The molecule has 2 aromatic rings. The topological polar surface area (TPSA) is 70.4 Å². The average molecular weight is 342 g/mol. The second-order valence-corrected chi connectivity index (χ2v) is 6.86. The summed E-state index contributed by atoms with van der Waals surface area (Å²) in [4.78, 5) is 14.3. The van der Waals surface area contributed by atoms with Crippen molar-refractivity contribution >= 4 is 11.8 Å². The highest BCUT2D eigenvalue weighted by molar-refractivity contribution is 5.88. The van der Waals surface area contributed by atoms with Crippen molar-refractivity contribution in [3.63, 3.8) is 0 Å². The highest BCUT2D eigenvalue weighted by Crippen LogP contribution is 2.30. The Hall–Kier alpha value is -2.34. The summed E-state index contributed by atoms with van der Waals surface area (Å²) in [5.41, 5.74) is 0.950. The Labute approximate surface area is 148 Å². The Morgan fingerprint density at radius 1 is 1.20 bits per heavy atom. The third-order valence-corrected chi connectivity index (χ3v) is 4.81. The van der Waals surface area contributed by atoms with Gasteiger partial charge in [-0.05, 0) is 38.2 Å². The Morgan fingerprint density at radius 3 is 2.52 bits per heavy atom. The zero-order valence-electron chi connectivity index (χ0n) is 14.8. The quantitative estimate of drug-likeness (QED) is 0.894. The number of carbonyl (C=O) groups excluding carboxylic acids is 1. The molecule has 2 amide bonds. The van der Waals surface area contributed by atoms with Gasteiger partial charge in [0, 0.05) is 25.2 Å².